The van der Waals surface area contributed by atoms with Gasteiger partial charge in [-0.2, -0.15) is 0 Å². The number of hydrogen-bond donors (Lipinski definition) is 0. The maximum absolute atomic E-state index is 6.55. The van der Waals surface area contributed by atoms with Crippen molar-refractivity contribution in [2.45, 2.75) is 76.4 Å². The van der Waals surface area contributed by atoms with Gasteiger partial charge >= 0.3 is 7.12 Å². The van der Waals surface area contributed by atoms with Crippen LogP contribution in [0.5, 0.6) is 0 Å². The fourth-order valence-electron chi connectivity index (χ4n) is 8.51. The lowest BCUT2D eigenvalue weighted by Gasteiger charge is -2.36. The first-order valence-electron chi connectivity index (χ1n) is 18.5. The molecule has 2 heterocycles. The van der Waals surface area contributed by atoms with E-state index < -0.39 is 0 Å². The Morgan fingerprint density at radius 3 is 1.39 bits per heavy atom. The van der Waals surface area contributed by atoms with Crippen LogP contribution in [0.2, 0.25) is 0 Å². The average molecular weight is 667 g/mol. The number of aromatic nitrogens is 2. The maximum Gasteiger partial charge on any atom is 0.494 e. The predicted octanol–water partition coefficient (Wildman–Crippen LogP) is 10.7. The Bertz CT molecular complexity index is 2230. The van der Waals surface area contributed by atoms with Crippen LogP contribution >= 0.6 is 0 Å². The van der Waals surface area contributed by atoms with Gasteiger partial charge in [0.15, 0.2) is 0 Å². The summed E-state index contributed by atoms with van der Waals surface area (Å²) in [4.78, 5) is 11.1. The van der Waals surface area contributed by atoms with Gasteiger partial charge in [0.2, 0.25) is 0 Å². The Labute approximate surface area is 302 Å². The third kappa shape index (κ3) is 5.29. The molecule has 1 aliphatic heterocycles. The summed E-state index contributed by atoms with van der Waals surface area (Å²) in [5, 5.41) is 0. The first kappa shape index (κ1) is 32.1. The first-order valence-corrected chi connectivity index (χ1v) is 18.5. The molecular weight excluding hydrogens is 623 g/mol. The van der Waals surface area contributed by atoms with Crippen LogP contribution in [0.1, 0.15) is 70.9 Å². The molecule has 0 N–H and O–H groups in total. The lowest BCUT2D eigenvalue weighted by molar-refractivity contribution is 0.00578. The Kier molecular flexibility index (Phi) is 7.64. The lowest BCUT2D eigenvalue weighted by atomic mass is 9.66. The van der Waals surface area contributed by atoms with E-state index in [9.17, 15) is 0 Å². The third-order valence-electron chi connectivity index (χ3n) is 11.9. The van der Waals surface area contributed by atoms with Crippen LogP contribution in [0.4, 0.5) is 0 Å². The molecule has 51 heavy (non-hydrogen) atoms. The number of fused-ring (bicyclic) bond motifs is 5. The molecule has 0 amide bonds. The van der Waals surface area contributed by atoms with Crippen LogP contribution in [0.25, 0.3) is 56.2 Å². The summed E-state index contributed by atoms with van der Waals surface area (Å²) in [6, 6.07) is 45.4. The van der Waals surface area contributed by atoms with Crippen molar-refractivity contribution in [3.05, 3.63) is 139 Å². The van der Waals surface area contributed by atoms with E-state index in [1.165, 1.54) is 41.5 Å². The highest BCUT2D eigenvalue weighted by Gasteiger charge is 2.52. The van der Waals surface area contributed by atoms with E-state index in [0.29, 0.717) is 0 Å². The van der Waals surface area contributed by atoms with Gasteiger partial charge in [0.1, 0.15) is 0 Å². The van der Waals surface area contributed by atoms with E-state index in [0.717, 1.165) is 63.3 Å². The summed E-state index contributed by atoms with van der Waals surface area (Å²) < 4.78 is 13.1. The maximum atomic E-state index is 6.55. The summed E-state index contributed by atoms with van der Waals surface area (Å²) in [5.74, 6) is 0. The molecule has 0 unspecified atom stereocenters. The highest BCUT2D eigenvalue weighted by atomic mass is 16.7. The molecule has 3 aliphatic rings. The fourth-order valence-corrected chi connectivity index (χ4v) is 8.51. The van der Waals surface area contributed by atoms with Gasteiger partial charge in [0.05, 0.1) is 34.0 Å². The van der Waals surface area contributed by atoms with E-state index in [4.69, 9.17) is 19.3 Å². The van der Waals surface area contributed by atoms with Crippen LogP contribution < -0.4 is 5.46 Å². The van der Waals surface area contributed by atoms with Gasteiger partial charge in [-0.15, -0.1) is 0 Å². The highest BCUT2D eigenvalue weighted by Crippen LogP contribution is 2.56. The largest absolute Gasteiger partial charge is 0.494 e. The molecule has 5 heteroatoms. The molecule has 1 spiro atoms. The number of benzene rings is 5. The first-order chi connectivity index (χ1) is 24.7. The molecule has 2 aliphatic carbocycles. The zero-order valence-electron chi connectivity index (χ0n) is 29.9. The summed E-state index contributed by atoms with van der Waals surface area (Å²) >= 11 is 0. The van der Waals surface area contributed by atoms with Crippen molar-refractivity contribution >= 4 is 12.6 Å². The van der Waals surface area contributed by atoms with Crippen molar-refractivity contribution in [3.63, 3.8) is 0 Å². The summed E-state index contributed by atoms with van der Waals surface area (Å²) in [5.41, 5.74) is 13.6. The lowest BCUT2D eigenvalue weighted by Crippen LogP contribution is -2.41. The SMILES string of the molecule is CC1(C)OB(c2ccc3c(c2)C2(CCCCC2)c2cc(-c4nc(-c5ccccc5)c(-c5ccccc5)nc4-c4ccccc4)ccc2-3)OC1(C)C. The number of rotatable bonds is 5. The van der Waals surface area contributed by atoms with Crippen molar-refractivity contribution in [1.29, 1.82) is 0 Å². The van der Waals surface area contributed by atoms with Crippen LogP contribution in [0, 0.1) is 0 Å². The topological polar surface area (TPSA) is 44.2 Å². The van der Waals surface area contributed by atoms with E-state index in [1.54, 1.807) is 0 Å². The second-order valence-electron chi connectivity index (χ2n) is 15.5. The smallest absolute Gasteiger partial charge is 0.399 e. The summed E-state index contributed by atoms with van der Waals surface area (Å²) in [6.07, 6.45) is 5.95. The molecule has 2 fully saturated rings. The minimum atomic E-state index is -0.386. The van der Waals surface area contributed by atoms with Crippen molar-refractivity contribution in [2.24, 2.45) is 0 Å². The Morgan fingerprint density at radius 2 is 0.902 bits per heavy atom. The van der Waals surface area contributed by atoms with Gasteiger partial charge < -0.3 is 9.31 Å². The third-order valence-corrected chi connectivity index (χ3v) is 11.9. The van der Waals surface area contributed by atoms with Crippen LogP contribution in [-0.2, 0) is 14.7 Å². The zero-order chi connectivity index (χ0) is 34.8. The molecule has 252 valence electrons. The minimum Gasteiger partial charge on any atom is -0.399 e. The monoisotopic (exact) mass is 666 g/mol. The molecule has 1 aromatic heterocycles. The molecule has 9 rings (SSSR count). The fraction of sp³-hybridized carbons (Fsp3) is 0.261. The van der Waals surface area contributed by atoms with Crippen molar-refractivity contribution < 1.29 is 9.31 Å². The van der Waals surface area contributed by atoms with Gasteiger partial charge in [0, 0.05) is 27.7 Å². The highest BCUT2D eigenvalue weighted by molar-refractivity contribution is 6.62. The van der Waals surface area contributed by atoms with Gasteiger partial charge in [-0.1, -0.05) is 141 Å². The molecule has 0 bridgehead atoms. The zero-order valence-corrected chi connectivity index (χ0v) is 29.9. The Morgan fingerprint density at radius 1 is 0.471 bits per heavy atom. The second-order valence-corrected chi connectivity index (χ2v) is 15.5. The normalized spacial score (nSPS) is 18.1. The van der Waals surface area contributed by atoms with E-state index >= 15 is 0 Å². The van der Waals surface area contributed by atoms with Crippen molar-refractivity contribution in [1.82, 2.24) is 9.97 Å². The van der Waals surface area contributed by atoms with E-state index in [2.05, 4.69) is 149 Å². The predicted molar refractivity (Wildman–Crippen MR) is 209 cm³/mol. The Hall–Kier alpha value is -4.84. The van der Waals surface area contributed by atoms with Crippen LogP contribution in [0.15, 0.2) is 127 Å². The molecule has 1 saturated heterocycles. The molecular formula is C46H43BN2O2. The van der Waals surface area contributed by atoms with Crippen molar-refractivity contribution in [2.75, 3.05) is 0 Å². The standard InChI is InChI=1S/C46H43BN2O2/c1-44(2)45(3,4)51-47(50-44)35-24-26-37-36-25-23-34(29-38(36)46(39(37)30-35)27-15-8-16-28-46)43-42(33-21-13-7-14-22-33)48-40(31-17-9-5-10-18-31)41(49-43)32-19-11-6-12-20-32/h5-7,9-14,17-26,29-30H,8,15-16,27-28H2,1-4H3. The van der Waals surface area contributed by atoms with E-state index in [-0.39, 0.29) is 23.7 Å². The molecule has 0 radical (unpaired) electrons. The van der Waals surface area contributed by atoms with E-state index in [1.807, 2.05) is 6.07 Å². The van der Waals surface area contributed by atoms with Crippen LogP contribution in [-0.4, -0.2) is 28.3 Å². The van der Waals surface area contributed by atoms with Gasteiger partial charge in [-0.05, 0) is 74.3 Å². The number of nitrogens with zero attached hydrogens (tertiary/aromatic N) is 2. The second kappa shape index (κ2) is 12.1. The molecule has 5 aromatic carbocycles. The number of hydrogen-bond acceptors (Lipinski definition) is 4. The average Bonchev–Trinajstić information content (AvgIpc) is 3.56. The van der Waals surface area contributed by atoms with Gasteiger partial charge in [-0.25, -0.2) is 9.97 Å². The molecule has 6 aromatic rings. The quantitative estimate of drug-likeness (QED) is 0.172. The van der Waals surface area contributed by atoms with Gasteiger partial charge in [0.25, 0.3) is 0 Å². The molecule has 4 nitrogen and oxygen atoms in total. The Balaban J connectivity index is 1.23. The molecule has 0 atom stereocenters. The molecule has 1 saturated carbocycles. The van der Waals surface area contributed by atoms with Crippen molar-refractivity contribution in [3.8, 4) is 56.2 Å². The summed E-state index contributed by atoms with van der Waals surface area (Å²) in [7, 11) is -0.386. The minimum absolute atomic E-state index is 0.0643. The summed E-state index contributed by atoms with van der Waals surface area (Å²) in [6.45, 7) is 8.51. The van der Waals surface area contributed by atoms with Crippen LogP contribution in [0.3, 0.4) is 0 Å². The van der Waals surface area contributed by atoms with Gasteiger partial charge in [-0.3, -0.25) is 0 Å².